The molecule has 0 saturated carbocycles. The molecular weight excluding hydrogens is 274 g/mol. The topological polar surface area (TPSA) is 48.4 Å². The Hall–Kier alpha value is -0.940. The Morgan fingerprint density at radius 1 is 1.50 bits per heavy atom. The summed E-state index contributed by atoms with van der Waals surface area (Å²) in [5, 5.41) is 0. The van der Waals surface area contributed by atoms with Gasteiger partial charge in [0.15, 0.2) is 5.60 Å². The van der Waals surface area contributed by atoms with Gasteiger partial charge >= 0.3 is 5.97 Å². The minimum absolute atomic E-state index is 0.378. The van der Waals surface area contributed by atoms with Gasteiger partial charge in [-0.05, 0) is 35.0 Å². The summed E-state index contributed by atoms with van der Waals surface area (Å²) >= 11 is 3.30. The Morgan fingerprint density at radius 2 is 2.19 bits per heavy atom. The number of pyridine rings is 1. The van der Waals surface area contributed by atoms with Crippen molar-refractivity contribution in [2.75, 3.05) is 14.2 Å². The highest BCUT2D eigenvalue weighted by Gasteiger charge is 2.34. The Bertz CT molecular complexity index is 366. The molecule has 88 valence electrons. The standard InChI is InChI=1S/C11H14BrNO3/c1-11(16-3,10(14)15-2)6-9-5-4-8(12)7-13-9/h4-5,7H,6H2,1-3H3. The number of nitrogens with zero attached hydrogens (tertiary/aromatic N) is 1. The summed E-state index contributed by atoms with van der Waals surface area (Å²) in [6.45, 7) is 1.68. The first-order valence-corrected chi connectivity index (χ1v) is 5.55. The second kappa shape index (κ2) is 5.41. The average Bonchev–Trinajstić information content (AvgIpc) is 2.31. The first-order valence-electron chi connectivity index (χ1n) is 4.76. The van der Waals surface area contributed by atoms with Crippen molar-refractivity contribution in [3.63, 3.8) is 0 Å². The van der Waals surface area contributed by atoms with E-state index in [1.807, 2.05) is 12.1 Å². The fraction of sp³-hybridized carbons (Fsp3) is 0.455. The lowest BCUT2D eigenvalue weighted by atomic mass is 10.00. The molecule has 1 rings (SSSR count). The van der Waals surface area contributed by atoms with Gasteiger partial charge in [-0.1, -0.05) is 0 Å². The monoisotopic (exact) mass is 287 g/mol. The molecule has 1 aromatic rings. The van der Waals surface area contributed by atoms with E-state index in [-0.39, 0.29) is 0 Å². The highest BCUT2D eigenvalue weighted by atomic mass is 79.9. The van der Waals surface area contributed by atoms with Crippen LogP contribution in [0.2, 0.25) is 0 Å². The Morgan fingerprint density at radius 3 is 2.62 bits per heavy atom. The van der Waals surface area contributed by atoms with Crippen molar-refractivity contribution in [3.05, 3.63) is 28.5 Å². The van der Waals surface area contributed by atoms with Crippen LogP contribution in [0.5, 0.6) is 0 Å². The van der Waals surface area contributed by atoms with E-state index in [9.17, 15) is 4.79 Å². The lowest BCUT2D eigenvalue weighted by Crippen LogP contribution is -2.40. The maximum Gasteiger partial charge on any atom is 0.338 e. The van der Waals surface area contributed by atoms with Crippen LogP contribution in [0.4, 0.5) is 0 Å². The third-order valence-electron chi connectivity index (χ3n) is 2.37. The van der Waals surface area contributed by atoms with Crippen molar-refractivity contribution in [1.82, 2.24) is 4.98 Å². The number of ether oxygens (including phenoxy) is 2. The Kier molecular flexibility index (Phi) is 4.44. The number of rotatable bonds is 4. The molecule has 1 aromatic heterocycles. The van der Waals surface area contributed by atoms with Gasteiger partial charge in [0.1, 0.15) is 0 Å². The van der Waals surface area contributed by atoms with Gasteiger partial charge in [-0.3, -0.25) is 4.98 Å². The first kappa shape index (κ1) is 13.1. The van der Waals surface area contributed by atoms with E-state index in [0.717, 1.165) is 10.2 Å². The number of hydrogen-bond acceptors (Lipinski definition) is 4. The number of esters is 1. The maximum absolute atomic E-state index is 11.6. The van der Waals surface area contributed by atoms with Gasteiger partial charge in [0.2, 0.25) is 0 Å². The summed E-state index contributed by atoms with van der Waals surface area (Å²) in [6, 6.07) is 3.71. The normalized spacial score (nSPS) is 14.2. The summed E-state index contributed by atoms with van der Waals surface area (Å²) in [5.74, 6) is -0.403. The predicted molar refractivity (Wildman–Crippen MR) is 63.1 cm³/mol. The van der Waals surface area contributed by atoms with E-state index in [4.69, 9.17) is 9.47 Å². The van der Waals surface area contributed by atoms with Crippen molar-refractivity contribution in [2.45, 2.75) is 18.9 Å². The smallest absolute Gasteiger partial charge is 0.338 e. The third kappa shape index (κ3) is 3.02. The van der Waals surface area contributed by atoms with Gasteiger partial charge in [-0.2, -0.15) is 0 Å². The summed E-state index contributed by atoms with van der Waals surface area (Å²) in [4.78, 5) is 15.7. The number of aromatic nitrogens is 1. The van der Waals surface area contributed by atoms with Gasteiger partial charge in [-0.25, -0.2) is 4.79 Å². The van der Waals surface area contributed by atoms with E-state index >= 15 is 0 Å². The van der Waals surface area contributed by atoms with Crippen molar-refractivity contribution < 1.29 is 14.3 Å². The molecule has 16 heavy (non-hydrogen) atoms. The summed E-state index contributed by atoms with van der Waals surface area (Å²) in [6.07, 6.45) is 2.06. The van der Waals surface area contributed by atoms with Crippen LogP contribution in [0, 0.1) is 0 Å². The minimum Gasteiger partial charge on any atom is -0.467 e. The molecule has 0 fully saturated rings. The second-order valence-electron chi connectivity index (χ2n) is 3.57. The fourth-order valence-corrected chi connectivity index (χ4v) is 1.53. The lowest BCUT2D eigenvalue weighted by Gasteiger charge is -2.24. The SMILES string of the molecule is COC(=O)C(C)(Cc1ccc(Br)cn1)OC. The maximum atomic E-state index is 11.6. The molecule has 0 aliphatic heterocycles. The van der Waals surface area contributed by atoms with Crippen LogP contribution in [-0.4, -0.2) is 30.8 Å². The number of carbonyl (C=O) groups excluding carboxylic acids is 1. The molecule has 4 nitrogen and oxygen atoms in total. The van der Waals surface area contributed by atoms with Crippen LogP contribution in [-0.2, 0) is 20.7 Å². The number of hydrogen-bond donors (Lipinski definition) is 0. The lowest BCUT2D eigenvalue weighted by molar-refractivity contribution is -0.163. The summed E-state index contributed by atoms with van der Waals surface area (Å²) < 4.78 is 10.8. The number of methoxy groups -OCH3 is 2. The highest BCUT2D eigenvalue weighted by Crippen LogP contribution is 2.18. The summed E-state index contributed by atoms with van der Waals surface area (Å²) in [5.41, 5.74) is -0.215. The minimum atomic E-state index is -0.990. The molecule has 0 spiro atoms. The molecule has 0 N–H and O–H groups in total. The van der Waals surface area contributed by atoms with Crippen molar-refractivity contribution in [2.24, 2.45) is 0 Å². The number of halogens is 1. The Labute approximate surface area is 103 Å². The molecule has 0 radical (unpaired) electrons. The molecule has 0 aliphatic carbocycles. The molecule has 0 aromatic carbocycles. The quantitative estimate of drug-likeness (QED) is 0.795. The van der Waals surface area contributed by atoms with Crippen LogP contribution in [0.3, 0.4) is 0 Å². The molecule has 0 amide bonds. The zero-order chi connectivity index (χ0) is 12.2. The van der Waals surface area contributed by atoms with Gasteiger partial charge in [0.25, 0.3) is 0 Å². The third-order valence-corrected chi connectivity index (χ3v) is 2.84. The largest absolute Gasteiger partial charge is 0.467 e. The van der Waals surface area contributed by atoms with Crippen molar-refractivity contribution >= 4 is 21.9 Å². The zero-order valence-electron chi connectivity index (χ0n) is 9.49. The van der Waals surface area contributed by atoms with Crippen molar-refractivity contribution in [3.8, 4) is 0 Å². The van der Waals surface area contributed by atoms with E-state index in [1.165, 1.54) is 14.2 Å². The van der Waals surface area contributed by atoms with E-state index in [2.05, 4.69) is 20.9 Å². The Balaban J connectivity index is 2.84. The first-order chi connectivity index (χ1) is 7.51. The van der Waals surface area contributed by atoms with Crippen LogP contribution in [0.1, 0.15) is 12.6 Å². The molecule has 0 bridgehead atoms. The van der Waals surface area contributed by atoms with E-state index in [1.54, 1.807) is 13.1 Å². The molecule has 0 saturated heterocycles. The summed E-state index contributed by atoms with van der Waals surface area (Å²) in [7, 11) is 2.82. The van der Waals surface area contributed by atoms with E-state index in [0.29, 0.717) is 6.42 Å². The van der Waals surface area contributed by atoms with E-state index < -0.39 is 11.6 Å². The molecule has 1 atom stereocenters. The van der Waals surface area contributed by atoms with Crippen LogP contribution in [0.15, 0.2) is 22.8 Å². The molecule has 1 heterocycles. The van der Waals surface area contributed by atoms with Crippen LogP contribution in [0.25, 0.3) is 0 Å². The van der Waals surface area contributed by atoms with Gasteiger partial charge in [-0.15, -0.1) is 0 Å². The number of carbonyl (C=O) groups is 1. The van der Waals surface area contributed by atoms with Crippen LogP contribution < -0.4 is 0 Å². The predicted octanol–water partition coefficient (Wildman–Crippen LogP) is 1.96. The molecule has 5 heteroatoms. The zero-order valence-corrected chi connectivity index (χ0v) is 11.1. The highest BCUT2D eigenvalue weighted by molar-refractivity contribution is 9.10. The molecule has 1 unspecified atom stereocenters. The molecular formula is C11H14BrNO3. The van der Waals surface area contributed by atoms with Crippen LogP contribution >= 0.6 is 15.9 Å². The fourth-order valence-electron chi connectivity index (χ4n) is 1.30. The second-order valence-corrected chi connectivity index (χ2v) is 4.49. The van der Waals surface area contributed by atoms with Gasteiger partial charge in [0, 0.05) is 29.9 Å². The average molecular weight is 288 g/mol. The van der Waals surface area contributed by atoms with Crippen molar-refractivity contribution in [1.29, 1.82) is 0 Å². The van der Waals surface area contributed by atoms with Gasteiger partial charge < -0.3 is 9.47 Å². The van der Waals surface area contributed by atoms with Gasteiger partial charge in [0.05, 0.1) is 7.11 Å². The molecule has 0 aliphatic rings.